The van der Waals surface area contributed by atoms with E-state index in [4.69, 9.17) is 16.3 Å². The van der Waals surface area contributed by atoms with Gasteiger partial charge < -0.3 is 15.0 Å². The lowest BCUT2D eigenvalue weighted by Gasteiger charge is -2.30. The van der Waals surface area contributed by atoms with Crippen LogP contribution in [-0.2, 0) is 16.1 Å². The molecule has 2 amide bonds. The SMILES string of the molecule is CCNC(=O)C(CC)N(Cc1ccccc1Cl)C(=O)COc1cc(C)ccc1C. The average Bonchev–Trinajstić information content (AvgIpc) is 2.70. The first-order chi connectivity index (χ1) is 13.9. The summed E-state index contributed by atoms with van der Waals surface area (Å²) < 4.78 is 5.81. The molecule has 0 aromatic heterocycles. The van der Waals surface area contributed by atoms with Gasteiger partial charge in [0.2, 0.25) is 5.91 Å². The number of hydrogen-bond acceptors (Lipinski definition) is 3. The fourth-order valence-electron chi connectivity index (χ4n) is 3.11. The molecule has 0 radical (unpaired) electrons. The standard InChI is InChI=1S/C23H29ClN2O3/c1-5-20(23(28)25-6-2)26(14-18-9-7-8-10-19(18)24)22(27)15-29-21-13-16(3)11-12-17(21)4/h7-13,20H,5-6,14-15H2,1-4H3,(H,25,28). The second kappa shape index (κ2) is 10.9. The van der Waals surface area contributed by atoms with E-state index in [1.165, 1.54) is 0 Å². The number of halogens is 1. The summed E-state index contributed by atoms with van der Waals surface area (Å²) >= 11 is 6.30. The Morgan fingerprint density at radius 1 is 1.14 bits per heavy atom. The molecule has 0 aliphatic carbocycles. The Hall–Kier alpha value is -2.53. The van der Waals surface area contributed by atoms with Gasteiger partial charge in [-0.15, -0.1) is 0 Å². The van der Waals surface area contributed by atoms with Crippen LogP contribution in [0, 0.1) is 13.8 Å². The number of likely N-dealkylation sites (N-methyl/N-ethyl adjacent to an activating group) is 1. The molecule has 1 N–H and O–H groups in total. The minimum absolute atomic E-state index is 0.148. The highest BCUT2D eigenvalue weighted by atomic mass is 35.5. The van der Waals surface area contributed by atoms with Crippen LogP contribution in [0.2, 0.25) is 5.02 Å². The van der Waals surface area contributed by atoms with E-state index < -0.39 is 6.04 Å². The van der Waals surface area contributed by atoms with E-state index in [2.05, 4.69) is 5.32 Å². The molecule has 0 spiro atoms. The molecule has 0 bridgehead atoms. The van der Waals surface area contributed by atoms with Crippen LogP contribution in [0.3, 0.4) is 0 Å². The van der Waals surface area contributed by atoms with Gasteiger partial charge in [0.1, 0.15) is 11.8 Å². The molecule has 2 rings (SSSR count). The second-order valence-corrected chi connectivity index (χ2v) is 7.40. The number of nitrogens with one attached hydrogen (secondary N) is 1. The number of carbonyl (C=O) groups is 2. The Morgan fingerprint density at radius 2 is 1.86 bits per heavy atom. The number of rotatable bonds is 9. The molecule has 0 heterocycles. The van der Waals surface area contributed by atoms with Crippen LogP contribution in [0.25, 0.3) is 0 Å². The highest BCUT2D eigenvalue weighted by Gasteiger charge is 2.29. The van der Waals surface area contributed by atoms with Crippen LogP contribution in [0.1, 0.15) is 37.0 Å². The van der Waals surface area contributed by atoms with Gasteiger partial charge in [0.05, 0.1) is 0 Å². The molecule has 0 saturated heterocycles. The van der Waals surface area contributed by atoms with Crippen molar-refractivity contribution in [3.63, 3.8) is 0 Å². The van der Waals surface area contributed by atoms with Gasteiger partial charge in [-0.25, -0.2) is 0 Å². The lowest BCUT2D eigenvalue weighted by Crippen LogP contribution is -2.50. The normalized spacial score (nSPS) is 11.6. The van der Waals surface area contributed by atoms with Crippen LogP contribution in [0.15, 0.2) is 42.5 Å². The quantitative estimate of drug-likeness (QED) is 0.663. The van der Waals surface area contributed by atoms with Crippen molar-refractivity contribution in [3.05, 3.63) is 64.2 Å². The third-order valence-electron chi connectivity index (χ3n) is 4.73. The number of carbonyl (C=O) groups excluding carboxylic acids is 2. The first-order valence-corrected chi connectivity index (χ1v) is 10.3. The monoisotopic (exact) mass is 416 g/mol. The summed E-state index contributed by atoms with van der Waals surface area (Å²) in [6.45, 7) is 8.24. The fourth-order valence-corrected chi connectivity index (χ4v) is 3.30. The third-order valence-corrected chi connectivity index (χ3v) is 5.10. The Bertz CT molecular complexity index is 854. The number of benzene rings is 2. The van der Waals surface area contributed by atoms with Crippen LogP contribution in [0.4, 0.5) is 0 Å². The molecule has 156 valence electrons. The van der Waals surface area contributed by atoms with Gasteiger partial charge in [0.15, 0.2) is 6.61 Å². The highest BCUT2D eigenvalue weighted by molar-refractivity contribution is 6.31. The lowest BCUT2D eigenvalue weighted by atomic mass is 10.1. The molecule has 6 heteroatoms. The Balaban J connectivity index is 2.24. The van der Waals surface area contributed by atoms with Crippen LogP contribution < -0.4 is 10.1 Å². The number of ether oxygens (including phenoxy) is 1. The van der Waals surface area contributed by atoms with Crippen molar-refractivity contribution in [2.24, 2.45) is 0 Å². The van der Waals surface area contributed by atoms with E-state index in [1.54, 1.807) is 11.0 Å². The zero-order chi connectivity index (χ0) is 21.4. The summed E-state index contributed by atoms with van der Waals surface area (Å²) in [5, 5.41) is 3.38. The molecule has 2 aromatic carbocycles. The van der Waals surface area contributed by atoms with Crippen molar-refractivity contribution >= 4 is 23.4 Å². The molecule has 1 atom stereocenters. The molecule has 5 nitrogen and oxygen atoms in total. The molecule has 0 aliphatic rings. The molecule has 0 fully saturated rings. The lowest BCUT2D eigenvalue weighted by molar-refractivity contribution is -0.142. The number of hydrogen-bond donors (Lipinski definition) is 1. The molecule has 0 saturated carbocycles. The second-order valence-electron chi connectivity index (χ2n) is 6.99. The summed E-state index contributed by atoms with van der Waals surface area (Å²) in [5.74, 6) is 0.230. The summed E-state index contributed by atoms with van der Waals surface area (Å²) in [6.07, 6.45) is 0.492. The van der Waals surface area contributed by atoms with E-state index in [-0.39, 0.29) is 25.0 Å². The van der Waals surface area contributed by atoms with Crippen molar-refractivity contribution in [3.8, 4) is 5.75 Å². The van der Waals surface area contributed by atoms with E-state index in [9.17, 15) is 9.59 Å². The fraction of sp³-hybridized carbons (Fsp3) is 0.391. The summed E-state index contributed by atoms with van der Waals surface area (Å²) in [5.41, 5.74) is 2.80. The zero-order valence-electron chi connectivity index (χ0n) is 17.5. The minimum Gasteiger partial charge on any atom is -0.483 e. The smallest absolute Gasteiger partial charge is 0.261 e. The van der Waals surface area contributed by atoms with E-state index in [0.29, 0.717) is 23.7 Å². The first-order valence-electron chi connectivity index (χ1n) is 9.88. The van der Waals surface area contributed by atoms with E-state index >= 15 is 0 Å². The average molecular weight is 417 g/mol. The van der Waals surface area contributed by atoms with Crippen molar-refractivity contribution in [1.29, 1.82) is 0 Å². The first kappa shape index (κ1) is 22.8. The van der Waals surface area contributed by atoms with Gasteiger partial charge in [0.25, 0.3) is 5.91 Å². The number of aryl methyl sites for hydroxylation is 2. The summed E-state index contributed by atoms with van der Waals surface area (Å²) in [4.78, 5) is 27.3. The highest BCUT2D eigenvalue weighted by Crippen LogP contribution is 2.22. The van der Waals surface area contributed by atoms with Crippen molar-refractivity contribution in [1.82, 2.24) is 10.2 Å². The topological polar surface area (TPSA) is 58.6 Å². The van der Waals surface area contributed by atoms with Gasteiger partial charge in [-0.3, -0.25) is 9.59 Å². The maximum Gasteiger partial charge on any atom is 0.261 e. The molecule has 0 aliphatic heterocycles. The van der Waals surface area contributed by atoms with Crippen LogP contribution >= 0.6 is 11.6 Å². The molecule has 29 heavy (non-hydrogen) atoms. The summed E-state index contributed by atoms with van der Waals surface area (Å²) in [6, 6.07) is 12.6. The van der Waals surface area contributed by atoms with Crippen molar-refractivity contribution in [2.75, 3.05) is 13.2 Å². The van der Waals surface area contributed by atoms with Crippen molar-refractivity contribution < 1.29 is 14.3 Å². The molecule has 1 unspecified atom stereocenters. The predicted octanol–water partition coefficient (Wildman–Crippen LogP) is 4.28. The zero-order valence-corrected chi connectivity index (χ0v) is 18.3. The Labute approximate surface area is 178 Å². The summed E-state index contributed by atoms with van der Waals surface area (Å²) in [7, 11) is 0. The maximum atomic E-state index is 13.1. The van der Waals surface area contributed by atoms with Gasteiger partial charge >= 0.3 is 0 Å². The minimum atomic E-state index is -0.596. The van der Waals surface area contributed by atoms with Crippen LogP contribution in [-0.4, -0.2) is 35.9 Å². The van der Waals surface area contributed by atoms with Gasteiger partial charge in [0, 0.05) is 18.1 Å². The molecular weight excluding hydrogens is 388 g/mol. The van der Waals surface area contributed by atoms with Gasteiger partial charge in [-0.1, -0.05) is 48.9 Å². The van der Waals surface area contributed by atoms with Crippen LogP contribution in [0.5, 0.6) is 5.75 Å². The van der Waals surface area contributed by atoms with E-state index in [0.717, 1.165) is 16.7 Å². The number of nitrogens with zero attached hydrogens (tertiary/aromatic N) is 1. The largest absolute Gasteiger partial charge is 0.483 e. The van der Waals surface area contributed by atoms with Gasteiger partial charge in [-0.05, 0) is 56.0 Å². The van der Waals surface area contributed by atoms with Gasteiger partial charge in [-0.2, -0.15) is 0 Å². The Morgan fingerprint density at radius 3 is 2.52 bits per heavy atom. The number of amides is 2. The van der Waals surface area contributed by atoms with Crippen molar-refractivity contribution in [2.45, 2.75) is 46.7 Å². The predicted molar refractivity (Wildman–Crippen MR) is 116 cm³/mol. The Kier molecular flexibility index (Phi) is 8.52. The molecular formula is C23H29ClN2O3. The molecule has 2 aromatic rings. The third kappa shape index (κ3) is 6.23. The van der Waals surface area contributed by atoms with E-state index in [1.807, 2.05) is 64.1 Å². The maximum absolute atomic E-state index is 13.1.